The maximum absolute atomic E-state index is 15.1. The number of urea groups is 1. The third-order valence-corrected chi connectivity index (χ3v) is 11.4. The lowest BCUT2D eigenvalue weighted by molar-refractivity contribution is 0.107. The summed E-state index contributed by atoms with van der Waals surface area (Å²) in [5.41, 5.74) is 3.83. The highest BCUT2D eigenvalue weighted by Crippen LogP contribution is 2.42. The van der Waals surface area contributed by atoms with Crippen molar-refractivity contribution in [3.8, 4) is 11.8 Å². The van der Waals surface area contributed by atoms with Gasteiger partial charge in [0.15, 0.2) is 5.82 Å². The second-order valence-corrected chi connectivity index (χ2v) is 15.0. The number of benzene rings is 2. The maximum Gasteiger partial charge on any atom is 0.324 e. The van der Waals surface area contributed by atoms with Crippen molar-refractivity contribution in [2.75, 3.05) is 68.6 Å². The van der Waals surface area contributed by atoms with Crippen LogP contribution in [-0.4, -0.2) is 106 Å². The molecule has 4 aromatic rings. The number of aromatic nitrogens is 4. The van der Waals surface area contributed by atoms with Crippen molar-refractivity contribution in [3.05, 3.63) is 58.7 Å². The molecule has 12 nitrogen and oxygen atoms in total. The van der Waals surface area contributed by atoms with Crippen molar-refractivity contribution < 1.29 is 23.4 Å². The minimum Gasteiger partial charge on any atom is -0.508 e. The lowest BCUT2D eigenvalue weighted by Gasteiger charge is -2.35. The SMILES string of the molecule is CCc1c(F)ccc2cc(O)cc(N3CCc4c(nc(OC[C@@]56CCCN5C[C@H](F)C6)nc4N4CCCn5nc(N(C)C(=O)N(C)C)cc5C4)C3)c12. The van der Waals surface area contributed by atoms with Crippen LogP contribution in [0.3, 0.4) is 0 Å². The van der Waals surface area contributed by atoms with Crippen LogP contribution in [0.4, 0.5) is 30.9 Å². The summed E-state index contributed by atoms with van der Waals surface area (Å²) in [6.07, 6.45) is 3.43. The first-order chi connectivity index (χ1) is 25.0. The molecule has 2 aromatic heterocycles. The Bertz CT molecular complexity index is 2020. The van der Waals surface area contributed by atoms with E-state index in [1.807, 2.05) is 17.7 Å². The van der Waals surface area contributed by atoms with Crippen LogP contribution in [0.15, 0.2) is 30.3 Å². The second-order valence-electron chi connectivity index (χ2n) is 15.0. The van der Waals surface area contributed by atoms with Crippen LogP contribution in [0.25, 0.3) is 10.8 Å². The number of hydrogen-bond acceptors (Lipinski definition) is 9. The number of fused-ring (bicyclic) bond motifs is 4. The Kier molecular flexibility index (Phi) is 8.83. The summed E-state index contributed by atoms with van der Waals surface area (Å²) in [4.78, 5) is 32.5. The fourth-order valence-electron chi connectivity index (χ4n) is 8.83. The van der Waals surface area contributed by atoms with Gasteiger partial charge in [0.25, 0.3) is 0 Å². The molecular formula is C38H47F2N9O3. The molecule has 0 aliphatic carbocycles. The third kappa shape index (κ3) is 6.04. The predicted octanol–water partition coefficient (Wildman–Crippen LogP) is 5.28. The van der Waals surface area contributed by atoms with Crippen molar-refractivity contribution in [1.82, 2.24) is 29.5 Å². The zero-order valence-electron chi connectivity index (χ0n) is 30.4. The van der Waals surface area contributed by atoms with Crippen molar-refractivity contribution in [3.63, 3.8) is 0 Å². The molecule has 2 saturated heterocycles. The van der Waals surface area contributed by atoms with E-state index in [2.05, 4.69) is 14.7 Å². The van der Waals surface area contributed by atoms with Gasteiger partial charge < -0.3 is 24.5 Å². The van der Waals surface area contributed by atoms with E-state index < -0.39 is 6.17 Å². The Morgan fingerprint density at radius 1 is 1.06 bits per heavy atom. The largest absolute Gasteiger partial charge is 0.508 e. The Morgan fingerprint density at radius 2 is 1.90 bits per heavy atom. The van der Waals surface area contributed by atoms with E-state index in [1.165, 1.54) is 11.0 Å². The molecule has 0 radical (unpaired) electrons. The highest BCUT2D eigenvalue weighted by molar-refractivity contribution is 5.98. The normalized spacial score (nSPS) is 21.5. The van der Waals surface area contributed by atoms with Crippen molar-refractivity contribution in [1.29, 1.82) is 0 Å². The van der Waals surface area contributed by atoms with Crippen molar-refractivity contribution in [2.45, 2.75) is 76.8 Å². The van der Waals surface area contributed by atoms with Crippen LogP contribution < -0.4 is 19.4 Å². The Balaban J connectivity index is 1.16. The molecule has 0 bridgehead atoms. The quantitative estimate of drug-likeness (QED) is 0.274. The number of alkyl halides is 1. The molecule has 52 heavy (non-hydrogen) atoms. The Morgan fingerprint density at radius 3 is 2.71 bits per heavy atom. The summed E-state index contributed by atoms with van der Waals surface area (Å²) in [7, 11) is 5.17. The first-order valence-electron chi connectivity index (χ1n) is 18.4. The van der Waals surface area contributed by atoms with Gasteiger partial charge in [-0.2, -0.15) is 15.1 Å². The summed E-state index contributed by atoms with van der Waals surface area (Å²) >= 11 is 0. The molecule has 2 aromatic carbocycles. The summed E-state index contributed by atoms with van der Waals surface area (Å²) in [6, 6.07) is 8.66. The summed E-state index contributed by atoms with van der Waals surface area (Å²) in [5.74, 6) is 1.24. The van der Waals surface area contributed by atoms with E-state index in [1.54, 1.807) is 44.2 Å². The zero-order chi connectivity index (χ0) is 36.3. The highest BCUT2D eigenvalue weighted by Gasteiger charge is 2.49. The van der Waals surface area contributed by atoms with E-state index in [9.17, 15) is 14.3 Å². The number of aryl methyl sites for hydroxylation is 2. The van der Waals surface area contributed by atoms with Gasteiger partial charge in [-0.1, -0.05) is 13.0 Å². The molecule has 2 fully saturated rings. The number of aromatic hydroxyl groups is 1. The number of anilines is 3. The number of carbonyl (C=O) groups is 1. The number of amides is 2. The number of rotatable bonds is 7. The molecule has 2 amide bonds. The number of hydrogen-bond donors (Lipinski definition) is 1. The van der Waals surface area contributed by atoms with E-state index in [0.29, 0.717) is 70.0 Å². The van der Waals surface area contributed by atoms with Gasteiger partial charge in [-0.25, -0.2) is 13.6 Å². The van der Waals surface area contributed by atoms with Gasteiger partial charge in [0.05, 0.1) is 30.0 Å². The molecule has 2 atom stereocenters. The molecule has 4 aliphatic heterocycles. The zero-order valence-corrected chi connectivity index (χ0v) is 30.4. The predicted molar refractivity (Wildman–Crippen MR) is 196 cm³/mol. The first-order valence-corrected chi connectivity index (χ1v) is 18.4. The van der Waals surface area contributed by atoms with Crippen LogP contribution in [-0.2, 0) is 32.5 Å². The summed E-state index contributed by atoms with van der Waals surface area (Å²) < 4.78 is 38.2. The fourth-order valence-corrected chi connectivity index (χ4v) is 8.83. The summed E-state index contributed by atoms with van der Waals surface area (Å²) in [6.45, 7) is 6.55. The fraction of sp³-hybridized carbons (Fsp3) is 0.526. The maximum atomic E-state index is 15.1. The van der Waals surface area contributed by atoms with Gasteiger partial charge in [0, 0.05) is 82.5 Å². The number of carbonyl (C=O) groups excluding carboxylic acids is 1. The number of halogens is 2. The van der Waals surface area contributed by atoms with Gasteiger partial charge in [-0.05, 0) is 61.7 Å². The van der Waals surface area contributed by atoms with E-state index >= 15 is 4.39 Å². The Hall–Kier alpha value is -4.72. The van der Waals surface area contributed by atoms with Crippen LogP contribution in [0.2, 0.25) is 0 Å². The number of nitrogens with zero attached hydrogens (tertiary/aromatic N) is 9. The van der Waals surface area contributed by atoms with Crippen molar-refractivity contribution >= 4 is 34.1 Å². The van der Waals surface area contributed by atoms with E-state index in [4.69, 9.17) is 19.8 Å². The smallest absolute Gasteiger partial charge is 0.324 e. The van der Waals surface area contributed by atoms with Gasteiger partial charge in [0.2, 0.25) is 0 Å². The first kappa shape index (κ1) is 34.4. The molecule has 0 unspecified atom stereocenters. The minimum atomic E-state index is -0.869. The van der Waals surface area contributed by atoms with Crippen molar-refractivity contribution in [2.24, 2.45) is 0 Å². The lowest BCUT2D eigenvalue weighted by Crippen LogP contribution is -2.43. The number of phenolic OH excluding ortho intramolecular Hbond substituents is 1. The number of phenols is 1. The van der Waals surface area contributed by atoms with Gasteiger partial charge in [-0.15, -0.1) is 0 Å². The summed E-state index contributed by atoms with van der Waals surface area (Å²) in [5, 5.41) is 17.1. The Labute approximate surface area is 302 Å². The van der Waals surface area contributed by atoms with Crippen LogP contribution in [0.1, 0.15) is 55.1 Å². The average molecular weight is 716 g/mol. The molecule has 0 spiro atoms. The average Bonchev–Trinajstić information content (AvgIpc) is 3.76. The molecule has 1 N–H and O–H groups in total. The molecular weight excluding hydrogens is 668 g/mol. The molecule has 6 heterocycles. The topological polar surface area (TPSA) is 106 Å². The molecule has 0 saturated carbocycles. The minimum absolute atomic E-state index is 0.121. The van der Waals surface area contributed by atoms with Crippen LogP contribution >= 0.6 is 0 Å². The third-order valence-electron chi connectivity index (χ3n) is 11.4. The molecule has 8 rings (SSSR count). The van der Waals surface area contributed by atoms with Crippen LogP contribution in [0.5, 0.6) is 11.8 Å². The molecule has 4 aliphatic rings. The van der Waals surface area contributed by atoms with E-state index in [0.717, 1.165) is 71.6 Å². The van der Waals surface area contributed by atoms with Gasteiger partial charge in [-0.3, -0.25) is 14.5 Å². The van der Waals surface area contributed by atoms with Gasteiger partial charge in [0.1, 0.15) is 30.2 Å². The standard InChI is InChI=1S/C38H47F2N9O3/c1-5-28-30(40)9-8-24-16-27(50)18-32(34(24)28)46-15-10-29-31(22-46)41-36(52-23-38-11-6-13-48(38)20-25(39)19-38)42-35(29)47-12-7-14-49-26(21-47)17-33(43-49)45(4)37(51)44(2)3/h8-9,16-18,25,50H,5-7,10-15,19-23H2,1-4H3/t25-,38+/m1/s1. The molecule has 14 heteroatoms. The van der Waals surface area contributed by atoms with E-state index in [-0.39, 0.29) is 29.1 Å². The number of ether oxygens (including phenoxy) is 1. The van der Waals surface area contributed by atoms with Gasteiger partial charge >= 0.3 is 12.0 Å². The molecule has 276 valence electrons. The lowest BCUT2D eigenvalue weighted by atomic mass is 9.95. The van der Waals surface area contributed by atoms with Crippen LogP contribution in [0, 0.1) is 5.82 Å². The highest BCUT2D eigenvalue weighted by atomic mass is 19.1. The monoisotopic (exact) mass is 715 g/mol. The second kappa shape index (κ2) is 13.4.